The van der Waals surface area contributed by atoms with E-state index in [1.165, 1.54) is 186 Å². The molecule has 0 aromatic rings. The van der Waals surface area contributed by atoms with Gasteiger partial charge in [0.1, 0.15) is 18.3 Å². The second kappa shape index (κ2) is 42.4. The summed E-state index contributed by atoms with van der Waals surface area (Å²) >= 11 is 0. The molecule has 8 atom stereocenters. The number of hydrogen-bond donors (Lipinski definition) is 8. The van der Waals surface area contributed by atoms with Gasteiger partial charge in [-0.3, -0.25) is 4.79 Å². The Kier molecular flexibility index (Phi) is 42.1. The van der Waals surface area contributed by atoms with Crippen LogP contribution >= 0.6 is 12.4 Å². The number of unbranched alkanes of at least 4 members (excludes halogenated alkanes) is 33. The summed E-state index contributed by atoms with van der Waals surface area (Å²) in [6.45, 7) is 4.57. The largest absolute Gasteiger partial charge is 0.390 e. The molecule has 1 saturated carbocycles. The zero-order valence-corrected chi connectivity index (χ0v) is 40.0. The van der Waals surface area contributed by atoms with E-state index >= 15 is 0 Å². The number of hydrogen-bond acceptors (Lipinski definition) is 8. The number of aliphatic hydroxyl groups is 6. The van der Waals surface area contributed by atoms with Crippen LogP contribution in [0.1, 0.15) is 258 Å². The summed E-state index contributed by atoms with van der Waals surface area (Å²) in [5, 5.41) is 69.0. The molecular weight excluding hydrogens is 776 g/mol. The van der Waals surface area contributed by atoms with Gasteiger partial charge in [-0.15, -0.1) is 12.4 Å². The predicted molar refractivity (Wildman–Crippen MR) is 254 cm³/mol. The second-order valence-electron chi connectivity index (χ2n) is 18.7. The van der Waals surface area contributed by atoms with Crippen LogP contribution in [0, 0.1) is 0 Å². The van der Waals surface area contributed by atoms with E-state index in [9.17, 15) is 35.4 Å². The van der Waals surface area contributed by atoms with Gasteiger partial charge in [0, 0.05) is 19.0 Å². The summed E-state index contributed by atoms with van der Waals surface area (Å²) < 4.78 is 0. The summed E-state index contributed by atoms with van der Waals surface area (Å²) in [4.78, 5) is 13.0. The lowest BCUT2D eigenvalue weighted by atomic mass is 9.85. The average Bonchev–Trinajstić information content (AvgIpc) is 3.23. The topological polar surface area (TPSA) is 163 Å². The maximum absolute atomic E-state index is 13.0. The van der Waals surface area contributed by atoms with E-state index in [0.29, 0.717) is 12.8 Å². The third-order valence-corrected chi connectivity index (χ3v) is 13.1. The van der Waals surface area contributed by atoms with E-state index in [1.807, 2.05) is 0 Å². The highest BCUT2D eigenvalue weighted by Gasteiger charge is 2.42. The van der Waals surface area contributed by atoms with E-state index < -0.39 is 48.7 Å². The quantitative estimate of drug-likeness (QED) is 0.0281. The van der Waals surface area contributed by atoms with Crippen molar-refractivity contribution in [3.05, 3.63) is 0 Å². The lowest BCUT2D eigenvalue weighted by Gasteiger charge is -2.39. The number of halogens is 1. The van der Waals surface area contributed by atoms with Crippen molar-refractivity contribution in [1.82, 2.24) is 10.6 Å². The molecule has 1 aliphatic rings. The van der Waals surface area contributed by atoms with Crippen LogP contribution in [-0.2, 0) is 4.79 Å². The fourth-order valence-electron chi connectivity index (χ4n) is 8.93. The molecule has 0 bridgehead atoms. The number of aliphatic hydroxyl groups excluding tert-OH is 6. The molecule has 0 radical (unpaired) electrons. The highest BCUT2D eigenvalue weighted by molar-refractivity contribution is 5.85. The van der Waals surface area contributed by atoms with Crippen LogP contribution in [0.5, 0.6) is 0 Å². The fourth-order valence-corrected chi connectivity index (χ4v) is 8.93. The first kappa shape index (κ1) is 59.5. The van der Waals surface area contributed by atoms with Crippen molar-refractivity contribution in [2.45, 2.75) is 307 Å². The Morgan fingerprint density at radius 1 is 0.483 bits per heavy atom. The first-order valence-electron chi connectivity index (χ1n) is 25.8. The molecule has 0 aliphatic heterocycles. The molecule has 0 aromatic heterocycles. The Hall–Kier alpha value is -0.520. The monoisotopic (exact) mass is 877 g/mol. The molecular formula is C50H101ClN2O7. The van der Waals surface area contributed by atoms with Crippen molar-refractivity contribution in [2.75, 3.05) is 6.54 Å². The van der Waals surface area contributed by atoms with Gasteiger partial charge < -0.3 is 41.3 Å². The zero-order chi connectivity index (χ0) is 43.2. The molecule has 0 spiro atoms. The Morgan fingerprint density at radius 2 is 0.817 bits per heavy atom. The molecule has 1 aliphatic carbocycles. The van der Waals surface area contributed by atoms with Crippen molar-refractivity contribution >= 4 is 18.3 Å². The Bertz CT molecular complexity index is 920. The van der Waals surface area contributed by atoms with Gasteiger partial charge in [-0.05, 0) is 19.3 Å². The van der Waals surface area contributed by atoms with Gasteiger partial charge in [-0.1, -0.05) is 232 Å². The predicted octanol–water partition coefficient (Wildman–Crippen LogP) is 10.9. The van der Waals surface area contributed by atoms with Gasteiger partial charge in [0.05, 0.1) is 24.4 Å². The number of carbonyl (C=O) groups is 1. The van der Waals surface area contributed by atoms with E-state index in [-0.39, 0.29) is 31.3 Å². The van der Waals surface area contributed by atoms with Gasteiger partial charge in [0.15, 0.2) is 0 Å². The van der Waals surface area contributed by atoms with Crippen molar-refractivity contribution in [3.63, 3.8) is 0 Å². The maximum Gasteiger partial charge on any atom is 0.220 e. The van der Waals surface area contributed by atoms with Crippen molar-refractivity contribution in [2.24, 2.45) is 0 Å². The highest BCUT2D eigenvalue weighted by Crippen LogP contribution is 2.22. The van der Waals surface area contributed by atoms with Crippen LogP contribution in [-0.4, -0.2) is 91.8 Å². The van der Waals surface area contributed by atoms with E-state index in [1.54, 1.807) is 0 Å². The molecule has 9 nitrogen and oxygen atoms in total. The molecule has 60 heavy (non-hydrogen) atoms. The third kappa shape index (κ3) is 32.2. The Labute approximate surface area is 376 Å². The van der Waals surface area contributed by atoms with Crippen LogP contribution < -0.4 is 10.6 Å². The minimum absolute atomic E-state index is 0. The molecule has 8 N–H and O–H groups in total. The van der Waals surface area contributed by atoms with Gasteiger partial charge in [0.2, 0.25) is 5.91 Å². The lowest BCUT2D eigenvalue weighted by molar-refractivity contribution is -0.147. The minimum Gasteiger partial charge on any atom is -0.390 e. The molecule has 10 heteroatoms. The minimum atomic E-state index is -1.51. The fraction of sp³-hybridized carbons (Fsp3) is 0.980. The molecule has 1 fully saturated rings. The summed E-state index contributed by atoms with van der Waals surface area (Å²) in [5.74, 6) is -0.184. The lowest BCUT2D eigenvalue weighted by Crippen LogP contribution is -2.62. The van der Waals surface area contributed by atoms with Crippen LogP contribution in [0.4, 0.5) is 0 Å². The van der Waals surface area contributed by atoms with Crippen molar-refractivity contribution in [3.8, 4) is 0 Å². The van der Waals surface area contributed by atoms with Crippen molar-refractivity contribution in [1.29, 1.82) is 0 Å². The smallest absolute Gasteiger partial charge is 0.220 e. The third-order valence-electron chi connectivity index (χ3n) is 13.1. The van der Waals surface area contributed by atoms with Crippen LogP contribution in [0.25, 0.3) is 0 Å². The van der Waals surface area contributed by atoms with Crippen LogP contribution in [0.3, 0.4) is 0 Å². The van der Waals surface area contributed by atoms with Gasteiger partial charge in [-0.25, -0.2) is 0 Å². The van der Waals surface area contributed by atoms with E-state index in [4.69, 9.17) is 0 Å². The first-order valence-corrected chi connectivity index (χ1v) is 25.8. The van der Waals surface area contributed by atoms with E-state index in [0.717, 1.165) is 38.5 Å². The van der Waals surface area contributed by atoms with Gasteiger partial charge >= 0.3 is 0 Å². The molecule has 0 unspecified atom stereocenters. The summed E-state index contributed by atoms with van der Waals surface area (Å²) in [5.41, 5.74) is 0. The molecule has 1 amide bonds. The highest BCUT2D eigenvalue weighted by atomic mass is 35.5. The number of amides is 1. The Balaban J connectivity index is 0.0000348. The summed E-state index contributed by atoms with van der Waals surface area (Å²) in [6, 6.07) is -1.56. The first-order chi connectivity index (χ1) is 28.7. The summed E-state index contributed by atoms with van der Waals surface area (Å²) in [7, 11) is 0. The van der Waals surface area contributed by atoms with Crippen LogP contribution in [0.2, 0.25) is 0 Å². The SMILES string of the molecule is CCCCCCCCCCCCCCCCCCCCCCCCCC(=O)N[C@@H](CN[C@H]1C[C@H](O)[C@@H](O)[C@H](O)[C@H]1O)[C@H](O)[C@H](O)CCCCCCCCCCCCCC.Cl. The number of rotatable bonds is 43. The van der Waals surface area contributed by atoms with Gasteiger partial charge in [0.25, 0.3) is 0 Å². The normalized spacial score (nSPS) is 20.8. The molecule has 0 saturated heterocycles. The van der Waals surface area contributed by atoms with Crippen molar-refractivity contribution < 1.29 is 35.4 Å². The molecule has 0 heterocycles. The molecule has 1 rings (SSSR count). The number of carbonyl (C=O) groups excluding carboxylic acids is 1. The molecule has 0 aromatic carbocycles. The van der Waals surface area contributed by atoms with Crippen LogP contribution in [0.15, 0.2) is 0 Å². The van der Waals surface area contributed by atoms with Gasteiger partial charge in [-0.2, -0.15) is 0 Å². The standard InChI is InChI=1S/C50H100N2O7.ClH/c1-3-5-7-9-11-13-15-17-18-19-20-21-22-23-24-25-26-27-29-31-33-35-37-39-46(55)52-43(41-51-42-40-45(54)49(58)50(59)48(42)57)47(56)44(53)38-36-34-32-30-28-16-14-12-10-8-6-4-2;/h42-45,47-51,53-54,56-59H,3-41H2,1-2H3,(H,52,55);1H/t42-,43-,44+,45-,47-,48-,49+,50+;/m0./s1. The number of nitrogens with one attached hydrogen (secondary N) is 2. The average molecular weight is 878 g/mol. The maximum atomic E-state index is 13.0. The molecule has 360 valence electrons. The zero-order valence-electron chi connectivity index (χ0n) is 39.2. The Morgan fingerprint density at radius 3 is 1.18 bits per heavy atom. The van der Waals surface area contributed by atoms with E-state index in [2.05, 4.69) is 24.5 Å². The summed E-state index contributed by atoms with van der Waals surface area (Å²) in [6.07, 6.45) is 38.0. The second-order valence-corrected chi connectivity index (χ2v) is 18.7.